The van der Waals surface area contributed by atoms with Crippen molar-refractivity contribution < 1.29 is 13.2 Å². The Bertz CT molecular complexity index is 437. The standard InChI is InChI=1S/C10H13NO3S/c1-3-14-9(2)11-15(12,13)10-7-5-4-6-8-10/h4-8H,3H2,1-2H3/b11-9-. The number of hydrogen-bond acceptors (Lipinski definition) is 3. The van der Waals surface area contributed by atoms with Crippen molar-refractivity contribution in [1.29, 1.82) is 0 Å². The molecule has 0 unspecified atom stereocenters. The van der Waals surface area contributed by atoms with E-state index in [9.17, 15) is 8.42 Å². The second kappa shape index (κ2) is 4.93. The van der Waals surface area contributed by atoms with Crippen molar-refractivity contribution in [2.75, 3.05) is 6.61 Å². The zero-order valence-corrected chi connectivity index (χ0v) is 9.49. The van der Waals surface area contributed by atoms with E-state index in [0.29, 0.717) is 6.61 Å². The van der Waals surface area contributed by atoms with E-state index in [-0.39, 0.29) is 10.8 Å². The maximum Gasteiger partial charge on any atom is 0.285 e. The van der Waals surface area contributed by atoms with E-state index >= 15 is 0 Å². The van der Waals surface area contributed by atoms with Crippen LogP contribution in [0.15, 0.2) is 39.6 Å². The molecule has 15 heavy (non-hydrogen) atoms. The number of sulfonamides is 1. The summed E-state index contributed by atoms with van der Waals surface area (Å²) in [5, 5.41) is 0. The van der Waals surface area contributed by atoms with Gasteiger partial charge in [0.15, 0.2) is 5.90 Å². The number of hydrogen-bond donors (Lipinski definition) is 0. The van der Waals surface area contributed by atoms with Gasteiger partial charge in [-0.3, -0.25) is 0 Å². The molecule has 1 rings (SSSR count). The fourth-order valence-electron chi connectivity index (χ4n) is 1.05. The van der Waals surface area contributed by atoms with Crippen LogP contribution in [0.3, 0.4) is 0 Å². The lowest BCUT2D eigenvalue weighted by molar-refractivity contribution is 0.325. The van der Waals surface area contributed by atoms with Crippen LogP contribution >= 0.6 is 0 Å². The van der Waals surface area contributed by atoms with Crippen molar-refractivity contribution in [1.82, 2.24) is 0 Å². The number of rotatable bonds is 3. The van der Waals surface area contributed by atoms with Gasteiger partial charge in [0.2, 0.25) is 0 Å². The highest BCUT2D eigenvalue weighted by Gasteiger charge is 2.12. The van der Waals surface area contributed by atoms with Crippen LogP contribution in [-0.4, -0.2) is 20.9 Å². The Morgan fingerprint density at radius 1 is 1.33 bits per heavy atom. The average molecular weight is 227 g/mol. The second-order valence-electron chi connectivity index (χ2n) is 2.83. The molecular weight excluding hydrogens is 214 g/mol. The van der Waals surface area contributed by atoms with Crippen LogP contribution in [0.4, 0.5) is 0 Å². The topological polar surface area (TPSA) is 55.7 Å². The number of ether oxygens (including phenoxy) is 1. The lowest BCUT2D eigenvalue weighted by Gasteiger charge is -2.02. The van der Waals surface area contributed by atoms with Crippen molar-refractivity contribution in [3.8, 4) is 0 Å². The van der Waals surface area contributed by atoms with Gasteiger partial charge >= 0.3 is 0 Å². The van der Waals surface area contributed by atoms with Gasteiger partial charge in [0, 0.05) is 6.92 Å². The predicted octanol–water partition coefficient (Wildman–Crippen LogP) is 1.83. The molecule has 0 aromatic heterocycles. The first-order valence-corrected chi connectivity index (χ1v) is 5.99. The quantitative estimate of drug-likeness (QED) is 0.584. The molecule has 0 aliphatic rings. The summed E-state index contributed by atoms with van der Waals surface area (Å²) in [7, 11) is -3.62. The van der Waals surface area contributed by atoms with Gasteiger partial charge in [0.25, 0.3) is 10.0 Å². The third kappa shape index (κ3) is 3.36. The third-order valence-corrected chi connectivity index (χ3v) is 3.01. The summed E-state index contributed by atoms with van der Waals surface area (Å²) in [4.78, 5) is 0.170. The molecule has 1 aromatic rings. The first-order chi connectivity index (χ1) is 7.06. The summed E-state index contributed by atoms with van der Waals surface area (Å²) in [5.74, 6) is 0.154. The Morgan fingerprint density at radius 2 is 1.93 bits per heavy atom. The van der Waals surface area contributed by atoms with Gasteiger partial charge in [-0.05, 0) is 19.1 Å². The molecule has 0 amide bonds. The van der Waals surface area contributed by atoms with E-state index in [1.165, 1.54) is 19.1 Å². The SMILES string of the molecule is CCO/C(C)=N\S(=O)(=O)c1ccccc1. The normalized spacial score (nSPS) is 12.5. The first-order valence-electron chi connectivity index (χ1n) is 4.55. The minimum Gasteiger partial charge on any atom is -0.481 e. The van der Waals surface area contributed by atoms with Crippen LogP contribution in [0.25, 0.3) is 0 Å². The van der Waals surface area contributed by atoms with Crippen LogP contribution < -0.4 is 0 Å². The van der Waals surface area contributed by atoms with Gasteiger partial charge in [-0.15, -0.1) is 4.40 Å². The van der Waals surface area contributed by atoms with E-state index in [0.717, 1.165) is 0 Å². The third-order valence-electron chi connectivity index (χ3n) is 1.64. The highest BCUT2D eigenvalue weighted by atomic mass is 32.2. The summed E-state index contributed by atoms with van der Waals surface area (Å²) in [6.45, 7) is 3.69. The van der Waals surface area contributed by atoms with Crippen molar-refractivity contribution >= 4 is 15.9 Å². The zero-order valence-electron chi connectivity index (χ0n) is 8.67. The Balaban J connectivity index is 3.00. The molecule has 0 heterocycles. The van der Waals surface area contributed by atoms with Gasteiger partial charge < -0.3 is 4.74 Å². The largest absolute Gasteiger partial charge is 0.481 e. The van der Waals surface area contributed by atoms with E-state index in [1.54, 1.807) is 25.1 Å². The fourth-order valence-corrected chi connectivity index (χ4v) is 2.05. The molecule has 0 spiro atoms. The minimum atomic E-state index is -3.62. The van der Waals surface area contributed by atoms with E-state index in [4.69, 9.17) is 4.74 Å². The molecule has 0 N–H and O–H groups in total. The summed E-state index contributed by atoms with van der Waals surface area (Å²) in [5.41, 5.74) is 0. The molecule has 0 aliphatic carbocycles. The highest BCUT2D eigenvalue weighted by Crippen LogP contribution is 2.11. The molecule has 5 heteroatoms. The van der Waals surface area contributed by atoms with E-state index < -0.39 is 10.0 Å². The smallest absolute Gasteiger partial charge is 0.285 e. The van der Waals surface area contributed by atoms with Gasteiger partial charge in [0.1, 0.15) is 0 Å². The van der Waals surface area contributed by atoms with Crippen molar-refractivity contribution in [3.63, 3.8) is 0 Å². The van der Waals surface area contributed by atoms with Crippen molar-refractivity contribution in [2.45, 2.75) is 18.7 Å². The minimum absolute atomic E-state index is 0.154. The van der Waals surface area contributed by atoms with Gasteiger partial charge in [-0.1, -0.05) is 18.2 Å². The van der Waals surface area contributed by atoms with E-state index in [1.807, 2.05) is 0 Å². The Labute approximate surface area is 89.7 Å². The lowest BCUT2D eigenvalue weighted by atomic mass is 10.4. The maximum absolute atomic E-state index is 11.6. The Hall–Kier alpha value is -1.36. The van der Waals surface area contributed by atoms with Gasteiger partial charge in [-0.2, -0.15) is 8.42 Å². The summed E-state index contributed by atoms with van der Waals surface area (Å²) >= 11 is 0. The van der Waals surface area contributed by atoms with Gasteiger partial charge in [0.05, 0.1) is 11.5 Å². The number of nitrogens with zero attached hydrogens (tertiary/aromatic N) is 1. The summed E-state index contributed by atoms with van der Waals surface area (Å²) in [6, 6.07) is 8.05. The molecule has 0 fully saturated rings. The van der Waals surface area contributed by atoms with Crippen LogP contribution in [0.2, 0.25) is 0 Å². The molecule has 4 nitrogen and oxygen atoms in total. The molecular formula is C10H13NO3S. The van der Waals surface area contributed by atoms with Gasteiger partial charge in [-0.25, -0.2) is 0 Å². The lowest BCUT2D eigenvalue weighted by Crippen LogP contribution is -2.05. The average Bonchev–Trinajstić information content (AvgIpc) is 2.18. The molecule has 82 valence electrons. The molecule has 1 aromatic carbocycles. The summed E-state index contributed by atoms with van der Waals surface area (Å²) in [6.07, 6.45) is 0. The number of benzene rings is 1. The van der Waals surface area contributed by atoms with Crippen molar-refractivity contribution in [3.05, 3.63) is 30.3 Å². The van der Waals surface area contributed by atoms with Crippen LogP contribution in [0.1, 0.15) is 13.8 Å². The van der Waals surface area contributed by atoms with Crippen LogP contribution in [0.5, 0.6) is 0 Å². The maximum atomic E-state index is 11.6. The van der Waals surface area contributed by atoms with Crippen molar-refractivity contribution in [2.24, 2.45) is 4.40 Å². The van der Waals surface area contributed by atoms with E-state index in [2.05, 4.69) is 4.40 Å². The Morgan fingerprint density at radius 3 is 2.47 bits per heavy atom. The highest BCUT2D eigenvalue weighted by molar-refractivity contribution is 7.90. The molecule has 0 bridgehead atoms. The zero-order chi connectivity index (χ0) is 11.3. The molecule has 0 saturated heterocycles. The predicted molar refractivity (Wildman–Crippen MR) is 58.4 cm³/mol. The molecule has 0 aliphatic heterocycles. The molecule has 0 radical (unpaired) electrons. The second-order valence-corrected chi connectivity index (χ2v) is 4.44. The monoisotopic (exact) mass is 227 g/mol. The summed E-state index contributed by atoms with van der Waals surface area (Å²) < 4.78 is 31.8. The Kier molecular flexibility index (Phi) is 3.85. The fraction of sp³-hybridized carbons (Fsp3) is 0.300. The van der Waals surface area contributed by atoms with Crippen LogP contribution in [0, 0.1) is 0 Å². The molecule has 0 saturated carbocycles. The first kappa shape index (κ1) is 11.7. The molecule has 0 atom stereocenters. The van der Waals surface area contributed by atoms with Crippen LogP contribution in [-0.2, 0) is 14.8 Å².